The lowest BCUT2D eigenvalue weighted by atomic mass is 10.1. The van der Waals surface area contributed by atoms with Crippen LogP contribution < -0.4 is 4.74 Å². The maximum Gasteiger partial charge on any atom is 0.335 e. The summed E-state index contributed by atoms with van der Waals surface area (Å²) in [6, 6.07) is 12.6. The third-order valence-electron chi connectivity index (χ3n) is 3.22. The predicted octanol–water partition coefficient (Wildman–Crippen LogP) is 3.56. The van der Waals surface area contributed by atoms with Gasteiger partial charge in [0.1, 0.15) is 5.75 Å². The van der Waals surface area contributed by atoms with E-state index in [4.69, 9.17) is 9.84 Å². The van der Waals surface area contributed by atoms with E-state index in [1.54, 1.807) is 25.3 Å². The summed E-state index contributed by atoms with van der Waals surface area (Å²) in [5, 5.41) is 9.80. The summed E-state index contributed by atoms with van der Waals surface area (Å²) < 4.78 is 5.19. The summed E-state index contributed by atoms with van der Waals surface area (Å²) >= 11 is 1.53. The number of methoxy groups -OCH3 is 1. The summed E-state index contributed by atoms with van der Waals surface area (Å²) in [6.45, 7) is 0. The Morgan fingerprint density at radius 3 is 2.95 bits per heavy atom. The molecule has 0 saturated carbocycles. The molecule has 0 unspecified atom stereocenters. The normalized spacial score (nSPS) is 10.8. The molecule has 22 heavy (non-hydrogen) atoms. The standard InChI is InChI=1S/C16H14N2O3S/c1-21-12-5-6-13-14(8-12)18-16(17-13)22-9-10-3-2-4-11(7-10)15(19)20/h2-8H,9H2,1H3,(H,17,18)(H,19,20). The molecule has 0 bridgehead atoms. The van der Waals surface area contributed by atoms with Gasteiger partial charge in [0.15, 0.2) is 5.16 Å². The number of benzene rings is 2. The lowest BCUT2D eigenvalue weighted by molar-refractivity contribution is 0.0697. The Morgan fingerprint density at radius 2 is 2.18 bits per heavy atom. The number of nitrogens with one attached hydrogen (secondary N) is 1. The van der Waals surface area contributed by atoms with Gasteiger partial charge in [-0.2, -0.15) is 0 Å². The Bertz CT molecular complexity index is 829. The Balaban J connectivity index is 1.76. The third kappa shape index (κ3) is 3.07. The van der Waals surface area contributed by atoms with E-state index in [2.05, 4.69) is 9.97 Å². The summed E-state index contributed by atoms with van der Waals surface area (Å²) in [5.74, 6) is 0.516. The Hall–Kier alpha value is -2.47. The van der Waals surface area contributed by atoms with E-state index in [0.29, 0.717) is 11.3 Å². The quantitative estimate of drug-likeness (QED) is 0.704. The van der Waals surface area contributed by atoms with Gasteiger partial charge in [-0.05, 0) is 29.8 Å². The van der Waals surface area contributed by atoms with Crippen molar-refractivity contribution < 1.29 is 14.6 Å². The van der Waals surface area contributed by atoms with Crippen molar-refractivity contribution in [3.8, 4) is 5.75 Å². The van der Waals surface area contributed by atoms with Crippen molar-refractivity contribution >= 4 is 28.8 Å². The number of aromatic nitrogens is 2. The number of hydrogen-bond donors (Lipinski definition) is 2. The van der Waals surface area contributed by atoms with Crippen molar-refractivity contribution in [2.45, 2.75) is 10.9 Å². The van der Waals surface area contributed by atoms with Crippen LogP contribution in [-0.4, -0.2) is 28.2 Å². The van der Waals surface area contributed by atoms with E-state index >= 15 is 0 Å². The van der Waals surface area contributed by atoms with Crippen LogP contribution >= 0.6 is 11.8 Å². The molecule has 0 fully saturated rings. The van der Waals surface area contributed by atoms with E-state index in [-0.39, 0.29) is 0 Å². The first-order chi connectivity index (χ1) is 10.7. The highest BCUT2D eigenvalue weighted by Gasteiger charge is 2.07. The zero-order chi connectivity index (χ0) is 15.5. The molecule has 1 aromatic heterocycles. The molecule has 3 rings (SSSR count). The fourth-order valence-electron chi connectivity index (χ4n) is 2.11. The molecule has 0 aliphatic heterocycles. The van der Waals surface area contributed by atoms with E-state index in [0.717, 1.165) is 27.5 Å². The Kier molecular flexibility index (Phi) is 4.02. The smallest absolute Gasteiger partial charge is 0.335 e. The number of ether oxygens (including phenoxy) is 1. The number of carboxylic acids is 1. The van der Waals surface area contributed by atoms with Crippen LogP contribution in [0, 0.1) is 0 Å². The first-order valence-corrected chi connectivity index (χ1v) is 7.63. The number of carbonyl (C=O) groups is 1. The number of carboxylic acid groups (broad SMARTS) is 1. The summed E-state index contributed by atoms with van der Waals surface area (Å²) in [6.07, 6.45) is 0. The molecule has 5 nitrogen and oxygen atoms in total. The molecule has 0 radical (unpaired) electrons. The van der Waals surface area contributed by atoms with Gasteiger partial charge in [0.05, 0.1) is 23.7 Å². The van der Waals surface area contributed by atoms with E-state index < -0.39 is 5.97 Å². The van der Waals surface area contributed by atoms with Crippen LogP contribution in [0.3, 0.4) is 0 Å². The van der Waals surface area contributed by atoms with Crippen LogP contribution in [0.25, 0.3) is 11.0 Å². The second-order valence-electron chi connectivity index (χ2n) is 4.72. The molecule has 0 amide bonds. The zero-order valence-corrected chi connectivity index (χ0v) is 12.7. The van der Waals surface area contributed by atoms with Crippen LogP contribution in [0.2, 0.25) is 0 Å². The summed E-state index contributed by atoms with van der Waals surface area (Å²) in [5.41, 5.74) is 3.04. The molecule has 0 spiro atoms. The van der Waals surface area contributed by atoms with E-state index in [1.165, 1.54) is 11.8 Å². The summed E-state index contributed by atoms with van der Waals surface area (Å²) in [7, 11) is 1.63. The van der Waals surface area contributed by atoms with Crippen LogP contribution in [0.1, 0.15) is 15.9 Å². The van der Waals surface area contributed by atoms with Crippen LogP contribution in [-0.2, 0) is 5.75 Å². The molecule has 6 heteroatoms. The van der Waals surface area contributed by atoms with Gasteiger partial charge in [-0.3, -0.25) is 0 Å². The first-order valence-electron chi connectivity index (χ1n) is 6.64. The van der Waals surface area contributed by atoms with Gasteiger partial charge < -0.3 is 14.8 Å². The van der Waals surface area contributed by atoms with E-state index in [1.807, 2.05) is 24.3 Å². The Labute approximate surface area is 131 Å². The van der Waals surface area contributed by atoms with Crippen LogP contribution in [0.5, 0.6) is 5.75 Å². The van der Waals surface area contributed by atoms with Crippen molar-refractivity contribution in [3.05, 3.63) is 53.6 Å². The van der Waals surface area contributed by atoms with Crippen LogP contribution in [0.15, 0.2) is 47.6 Å². The molecule has 3 aromatic rings. The average Bonchev–Trinajstić information content (AvgIpc) is 2.95. The van der Waals surface area contributed by atoms with Gasteiger partial charge in [0.25, 0.3) is 0 Å². The minimum Gasteiger partial charge on any atom is -0.497 e. The molecular formula is C16H14N2O3S. The second kappa shape index (κ2) is 6.11. The monoisotopic (exact) mass is 314 g/mol. The lowest BCUT2D eigenvalue weighted by Crippen LogP contribution is -1.96. The highest BCUT2D eigenvalue weighted by molar-refractivity contribution is 7.98. The Morgan fingerprint density at radius 1 is 1.32 bits per heavy atom. The first kappa shape index (κ1) is 14.5. The van der Waals surface area contributed by atoms with Crippen molar-refractivity contribution in [1.29, 1.82) is 0 Å². The lowest BCUT2D eigenvalue weighted by Gasteiger charge is -2.01. The predicted molar refractivity (Wildman–Crippen MR) is 85.6 cm³/mol. The topological polar surface area (TPSA) is 75.2 Å². The fourth-order valence-corrected chi connectivity index (χ4v) is 2.93. The van der Waals surface area contributed by atoms with Crippen LogP contribution in [0.4, 0.5) is 0 Å². The second-order valence-corrected chi connectivity index (χ2v) is 5.68. The largest absolute Gasteiger partial charge is 0.497 e. The fraction of sp³-hybridized carbons (Fsp3) is 0.125. The van der Waals surface area contributed by atoms with Crippen molar-refractivity contribution in [1.82, 2.24) is 9.97 Å². The third-order valence-corrected chi connectivity index (χ3v) is 4.16. The zero-order valence-electron chi connectivity index (χ0n) is 11.9. The van der Waals surface area contributed by atoms with Gasteiger partial charge in [-0.15, -0.1) is 0 Å². The van der Waals surface area contributed by atoms with E-state index in [9.17, 15) is 4.79 Å². The molecule has 0 atom stereocenters. The molecule has 0 saturated heterocycles. The highest BCUT2D eigenvalue weighted by atomic mass is 32.2. The minimum atomic E-state index is -0.914. The maximum absolute atomic E-state index is 11.0. The van der Waals surface area contributed by atoms with Gasteiger partial charge in [0, 0.05) is 11.8 Å². The molecule has 112 valence electrons. The van der Waals surface area contributed by atoms with Gasteiger partial charge >= 0.3 is 5.97 Å². The molecule has 2 N–H and O–H groups in total. The number of aromatic amines is 1. The van der Waals surface area contributed by atoms with Gasteiger partial charge in [0.2, 0.25) is 0 Å². The maximum atomic E-state index is 11.0. The van der Waals surface area contributed by atoms with Gasteiger partial charge in [-0.25, -0.2) is 9.78 Å². The molecular weight excluding hydrogens is 300 g/mol. The highest BCUT2D eigenvalue weighted by Crippen LogP contribution is 2.25. The van der Waals surface area contributed by atoms with Gasteiger partial charge in [-0.1, -0.05) is 23.9 Å². The molecule has 2 aromatic carbocycles. The number of imidazole rings is 1. The van der Waals surface area contributed by atoms with Crippen molar-refractivity contribution in [2.75, 3.05) is 7.11 Å². The molecule has 1 heterocycles. The number of aromatic carboxylic acids is 1. The van der Waals surface area contributed by atoms with Crippen molar-refractivity contribution in [2.24, 2.45) is 0 Å². The molecule has 0 aliphatic rings. The average molecular weight is 314 g/mol. The number of rotatable bonds is 5. The number of nitrogens with zero attached hydrogens (tertiary/aromatic N) is 1. The summed E-state index contributed by atoms with van der Waals surface area (Å²) in [4.78, 5) is 18.7. The number of H-pyrrole nitrogens is 1. The van der Waals surface area contributed by atoms with Crippen molar-refractivity contribution in [3.63, 3.8) is 0 Å². The number of thioether (sulfide) groups is 1. The number of fused-ring (bicyclic) bond motifs is 1. The molecule has 0 aliphatic carbocycles. The minimum absolute atomic E-state index is 0.299. The number of hydrogen-bond acceptors (Lipinski definition) is 4. The SMILES string of the molecule is COc1ccc2nc(SCc3cccc(C(=O)O)c3)[nH]c2c1.